The van der Waals surface area contributed by atoms with Gasteiger partial charge in [-0.25, -0.2) is 0 Å². The normalized spacial score (nSPS) is 19.8. The van der Waals surface area contributed by atoms with E-state index in [1.165, 1.54) is 5.56 Å². The Morgan fingerprint density at radius 3 is 2.47 bits per heavy atom. The predicted octanol–water partition coefficient (Wildman–Crippen LogP) is 3.83. The second-order valence-electron chi connectivity index (χ2n) is 6.28. The van der Waals surface area contributed by atoms with Crippen LogP contribution in [0.15, 0.2) is 24.3 Å². The fraction of sp³-hybridized carbons (Fsp3) is 0.562. The molecule has 1 saturated heterocycles. The molecular weight excluding hydrogens is 258 g/mol. The monoisotopic (exact) mass is 279 g/mol. The molecule has 0 aliphatic carbocycles. The van der Waals surface area contributed by atoms with Crippen LogP contribution in [-0.2, 0) is 5.41 Å². The van der Waals surface area contributed by atoms with Crippen LogP contribution in [0.5, 0.6) is 0 Å². The first kappa shape index (κ1) is 14.4. The van der Waals surface area contributed by atoms with Crippen LogP contribution in [0.1, 0.15) is 49.5 Å². The van der Waals surface area contributed by atoms with Crippen molar-refractivity contribution in [1.82, 2.24) is 4.90 Å². The van der Waals surface area contributed by atoms with Crippen LogP contribution in [0.2, 0.25) is 0 Å². The molecule has 0 aromatic heterocycles. The number of hydrogen-bond donors (Lipinski definition) is 0. The highest BCUT2D eigenvalue weighted by atomic mass is 35.5. The van der Waals surface area contributed by atoms with E-state index in [0.29, 0.717) is 5.88 Å². The van der Waals surface area contributed by atoms with Crippen LogP contribution in [0.25, 0.3) is 0 Å². The lowest BCUT2D eigenvalue weighted by Gasteiger charge is -2.24. The number of amides is 1. The van der Waals surface area contributed by atoms with Crippen molar-refractivity contribution >= 4 is 17.5 Å². The van der Waals surface area contributed by atoms with Gasteiger partial charge < -0.3 is 4.90 Å². The lowest BCUT2D eigenvalue weighted by molar-refractivity contribution is 0.0749. The Morgan fingerprint density at radius 2 is 1.95 bits per heavy atom. The number of hydrogen-bond acceptors (Lipinski definition) is 1. The Balaban J connectivity index is 2.16. The first-order valence-electron chi connectivity index (χ1n) is 6.91. The van der Waals surface area contributed by atoms with Gasteiger partial charge in [-0.15, -0.1) is 11.6 Å². The summed E-state index contributed by atoms with van der Waals surface area (Å²) in [6.45, 7) is 7.35. The van der Waals surface area contributed by atoms with Gasteiger partial charge in [0.15, 0.2) is 0 Å². The van der Waals surface area contributed by atoms with Crippen molar-refractivity contribution in [3.05, 3.63) is 35.4 Å². The van der Waals surface area contributed by atoms with Crippen LogP contribution in [0, 0.1) is 0 Å². The van der Waals surface area contributed by atoms with E-state index in [1.54, 1.807) is 0 Å². The Hall–Kier alpha value is -1.02. The Labute approximate surface area is 120 Å². The minimum Gasteiger partial charge on any atom is -0.334 e. The summed E-state index contributed by atoms with van der Waals surface area (Å²) in [6.07, 6.45) is 2.08. The van der Waals surface area contributed by atoms with Crippen molar-refractivity contribution in [3.63, 3.8) is 0 Å². The summed E-state index contributed by atoms with van der Waals surface area (Å²) < 4.78 is 0. The number of likely N-dealkylation sites (tertiary alicyclic amines) is 1. The third-order valence-electron chi connectivity index (χ3n) is 3.81. The van der Waals surface area contributed by atoms with Crippen LogP contribution < -0.4 is 0 Å². The Morgan fingerprint density at radius 1 is 1.32 bits per heavy atom. The number of carbonyl (C=O) groups excluding carboxylic acids is 1. The number of carbonyl (C=O) groups is 1. The SMILES string of the molecule is CC(C)(C)c1ccc(C(=O)N2CCC[C@H]2CCl)cc1. The summed E-state index contributed by atoms with van der Waals surface area (Å²) >= 11 is 5.93. The van der Waals surface area contributed by atoms with Gasteiger partial charge in [-0.1, -0.05) is 32.9 Å². The van der Waals surface area contributed by atoms with Gasteiger partial charge in [0.05, 0.1) is 0 Å². The summed E-state index contributed by atoms with van der Waals surface area (Å²) in [5.74, 6) is 0.648. The lowest BCUT2D eigenvalue weighted by Crippen LogP contribution is -2.36. The smallest absolute Gasteiger partial charge is 0.254 e. The molecule has 1 aromatic carbocycles. The van der Waals surface area contributed by atoms with Crippen molar-refractivity contribution in [2.45, 2.75) is 45.1 Å². The fourth-order valence-corrected chi connectivity index (χ4v) is 2.86. The largest absolute Gasteiger partial charge is 0.334 e. The highest BCUT2D eigenvalue weighted by molar-refractivity contribution is 6.18. The summed E-state index contributed by atoms with van der Waals surface area (Å²) in [7, 11) is 0. The van der Waals surface area contributed by atoms with Crippen molar-refractivity contribution in [1.29, 1.82) is 0 Å². The molecule has 0 bridgehead atoms. The van der Waals surface area contributed by atoms with E-state index in [-0.39, 0.29) is 17.4 Å². The van der Waals surface area contributed by atoms with E-state index in [9.17, 15) is 4.79 Å². The highest BCUT2D eigenvalue weighted by Crippen LogP contribution is 2.24. The zero-order chi connectivity index (χ0) is 14.0. The first-order valence-corrected chi connectivity index (χ1v) is 7.44. The molecule has 2 rings (SSSR count). The molecule has 0 N–H and O–H groups in total. The average Bonchev–Trinajstić information content (AvgIpc) is 2.85. The Kier molecular flexibility index (Phi) is 4.19. The second-order valence-corrected chi connectivity index (χ2v) is 6.58. The van der Waals surface area contributed by atoms with Gasteiger partial charge in [-0.2, -0.15) is 0 Å². The summed E-state index contributed by atoms with van der Waals surface area (Å²) in [5, 5.41) is 0. The maximum absolute atomic E-state index is 12.4. The average molecular weight is 280 g/mol. The molecule has 19 heavy (non-hydrogen) atoms. The maximum atomic E-state index is 12.4. The Bertz CT molecular complexity index is 447. The van der Waals surface area contributed by atoms with Gasteiger partial charge in [0.2, 0.25) is 0 Å². The molecule has 3 heteroatoms. The van der Waals surface area contributed by atoms with Crippen LogP contribution in [0.4, 0.5) is 0 Å². The molecule has 0 saturated carbocycles. The quantitative estimate of drug-likeness (QED) is 0.754. The second kappa shape index (κ2) is 5.54. The van der Waals surface area contributed by atoms with Gasteiger partial charge in [0.25, 0.3) is 5.91 Å². The van der Waals surface area contributed by atoms with E-state index in [1.807, 2.05) is 17.0 Å². The van der Waals surface area contributed by atoms with E-state index >= 15 is 0 Å². The predicted molar refractivity (Wildman–Crippen MR) is 79.9 cm³/mol. The standard InChI is InChI=1S/C16H22ClNO/c1-16(2,3)13-8-6-12(7-9-13)15(19)18-10-4-5-14(18)11-17/h6-9,14H,4-5,10-11H2,1-3H3/t14-/m0/s1. The molecule has 104 valence electrons. The van der Waals surface area contributed by atoms with Crippen molar-refractivity contribution < 1.29 is 4.79 Å². The number of nitrogens with zero attached hydrogens (tertiary/aromatic N) is 1. The first-order chi connectivity index (χ1) is 8.93. The topological polar surface area (TPSA) is 20.3 Å². The van der Waals surface area contributed by atoms with Gasteiger partial charge in [-0.3, -0.25) is 4.79 Å². The highest BCUT2D eigenvalue weighted by Gasteiger charge is 2.28. The van der Waals surface area contributed by atoms with Gasteiger partial charge in [-0.05, 0) is 36.0 Å². The zero-order valence-electron chi connectivity index (χ0n) is 11.9. The molecule has 1 aliphatic rings. The summed E-state index contributed by atoms with van der Waals surface area (Å²) in [4.78, 5) is 14.4. The molecule has 0 unspecified atom stereocenters. The molecule has 2 nitrogen and oxygen atoms in total. The van der Waals surface area contributed by atoms with Gasteiger partial charge in [0, 0.05) is 24.0 Å². The number of benzene rings is 1. The molecule has 1 fully saturated rings. The van der Waals surface area contributed by atoms with E-state index < -0.39 is 0 Å². The van der Waals surface area contributed by atoms with Crippen LogP contribution in [0.3, 0.4) is 0 Å². The van der Waals surface area contributed by atoms with E-state index in [4.69, 9.17) is 11.6 Å². The third kappa shape index (κ3) is 3.11. The van der Waals surface area contributed by atoms with E-state index in [2.05, 4.69) is 32.9 Å². The molecule has 0 spiro atoms. The molecular formula is C16H22ClNO. The van der Waals surface area contributed by atoms with Crippen LogP contribution in [-0.4, -0.2) is 29.3 Å². The molecule has 1 aliphatic heterocycles. The lowest BCUT2D eigenvalue weighted by atomic mass is 9.86. The number of halogens is 1. The maximum Gasteiger partial charge on any atom is 0.254 e. The molecule has 1 heterocycles. The zero-order valence-corrected chi connectivity index (χ0v) is 12.7. The van der Waals surface area contributed by atoms with Gasteiger partial charge in [0.1, 0.15) is 0 Å². The van der Waals surface area contributed by atoms with E-state index in [0.717, 1.165) is 24.9 Å². The van der Waals surface area contributed by atoms with Crippen molar-refractivity contribution in [3.8, 4) is 0 Å². The minimum absolute atomic E-state index is 0.114. The van der Waals surface area contributed by atoms with Crippen molar-refractivity contribution in [2.75, 3.05) is 12.4 Å². The number of rotatable bonds is 2. The van der Waals surface area contributed by atoms with Gasteiger partial charge >= 0.3 is 0 Å². The fourth-order valence-electron chi connectivity index (χ4n) is 2.54. The summed E-state index contributed by atoms with van der Waals surface area (Å²) in [6, 6.07) is 8.19. The minimum atomic E-state index is 0.114. The molecule has 1 atom stereocenters. The number of alkyl halides is 1. The molecule has 1 amide bonds. The summed E-state index contributed by atoms with van der Waals surface area (Å²) in [5.41, 5.74) is 2.14. The third-order valence-corrected chi connectivity index (χ3v) is 4.17. The van der Waals surface area contributed by atoms with Crippen molar-refractivity contribution in [2.24, 2.45) is 0 Å². The van der Waals surface area contributed by atoms with Crippen LogP contribution >= 0.6 is 11.6 Å². The molecule has 1 aromatic rings. The molecule has 0 radical (unpaired) electrons.